The second-order valence-electron chi connectivity index (χ2n) is 4.30. The molecule has 2 rings (SSSR count). The minimum Gasteiger partial charge on any atom is -0.386 e. The lowest BCUT2D eigenvalue weighted by Gasteiger charge is -2.05. The predicted octanol–water partition coefficient (Wildman–Crippen LogP) is 3.81. The lowest BCUT2D eigenvalue weighted by atomic mass is 10.2. The van der Waals surface area contributed by atoms with Crippen molar-refractivity contribution in [1.82, 2.24) is 5.32 Å². The lowest BCUT2D eigenvalue weighted by molar-refractivity contribution is 0.627. The number of hydrogen-bond donors (Lipinski definition) is 2. The molecule has 98 valence electrons. The molecule has 0 fully saturated rings. The third-order valence-electron chi connectivity index (χ3n) is 2.78. The van der Waals surface area contributed by atoms with Crippen LogP contribution in [0.5, 0.6) is 0 Å². The van der Waals surface area contributed by atoms with Crippen LogP contribution in [0.1, 0.15) is 11.1 Å². The van der Waals surface area contributed by atoms with Crippen LogP contribution in [-0.2, 0) is 6.54 Å². The van der Waals surface area contributed by atoms with Crippen LogP contribution in [0.25, 0.3) is 0 Å². The number of benzene rings is 2. The van der Waals surface area contributed by atoms with E-state index in [1.165, 1.54) is 17.7 Å². The van der Waals surface area contributed by atoms with E-state index in [0.29, 0.717) is 0 Å². The molecule has 0 aliphatic carbocycles. The Morgan fingerprint density at radius 1 is 1.05 bits per heavy atom. The Morgan fingerprint density at radius 3 is 2.58 bits per heavy atom. The number of anilines is 1. The monoisotopic (exact) mass is 256 g/mol. The van der Waals surface area contributed by atoms with Gasteiger partial charge in [-0.05, 0) is 36.2 Å². The summed E-state index contributed by atoms with van der Waals surface area (Å²) in [5, 5.41) is 6.30. The van der Waals surface area contributed by atoms with Crippen LogP contribution in [0.15, 0.2) is 60.9 Å². The van der Waals surface area contributed by atoms with Crippen molar-refractivity contribution in [1.29, 1.82) is 0 Å². The second kappa shape index (κ2) is 6.59. The van der Waals surface area contributed by atoms with Gasteiger partial charge < -0.3 is 10.6 Å². The number of halogens is 1. The van der Waals surface area contributed by atoms with Crippen molar-refractivity contribution >= 4 is 5.69 Å². The summed E-state index contributed by atoms with van der Waals surface area (Å²) in [6, 6.07) is 14.8. The van der Waals surface area contributed by atoms with Crippen LogP contribution >= 0.6 is 0 Å². The maximum absolute atomic E-state index is 12.9. The molecular formula is C16H17FN2. The first-order chi connectivity index (χ1) is 9.25. The highest BCUT2D eigenvalue weighted by molar-refractivity contribution is 5.52. The summed E-state index contributed by atoms with van der Waals surface area (Å²) < 4.78 is 12.9. The van der Waals surface area contributed by atoms with Gasteiger partial charge in [-0.15, -0.1) is 0 Å². The van der Waals surface area contributed by atoms with E-state index in [-0.39, 0.29) is 5.82 Å². The van der Waals surface area contributed by atoms with E-state index in [4.69, 9.17) is 0 Å². The third kappa shape index (κ3) is 4.14. The summed E-state index contributed by atoms with van der Waals surface area (Å²) >= 11 is 0. The van der Waals surface area contributed by atoms with Crippen molar-refractivity contribution in [3.63, 3.8) is 0 Å². The van der Waals surface area contributed by atoms with Crippen LogP contribution in [0.4, 0.5) is 10.1 Å². The minimum absolute atomic E-state index is 0.214. The molecule has 0 atom stereocenters. The van der Waals surface area contributed by atoms with Crippen LogP contribution in [0.3, 0.4) is 0 Å². The fourth-order valence-corrected chi connectivity index (χ4v) is 1.75. The van der Waals surface area contributed by atoms with E-state index in [2.05, 4.69) is 22.8 Å². The van der Waals surface area contributed by atoms with E-state index in [9.17, 15) is 4.39 Å². The van der Waals surface area contributed by atoms with Crippen molar-refractivity contribution in [3.05, 3.63) is 77.9 Å². The van der Waals surface area contributed by atoms with E-state index in [1.54, 1.807) is 6.07 Å². The first kappa shape index (κ1) is 13.1. The largest absolute Gasteiger partial charge is 0.386 e. The molecule has 0 amide bonds. The molecular weight excluding hydrogens is 239 g/mol. The summed E-state index contributed by atoms with van der Waals surface area (Å²) in [6.45, 7) is 2.65. The molecule has 0 spiro atoms. The normalized spacial score (nSPS) is 10.6. The molecule has 0 aliphatic heterocycles. The molecule has 2 nitrogen and oxygen atoms in total. The van der Waals surface area contributed by atoms with Gasteiger partial charge in [-0.25, -0.2) is 4.39 Å². The molecule has 0 saturated heterocycles. The lowest BCUT2D eigenvalue weighted by Crippen LogP contribution is -2.05. The Bertz CT molecular complexity index is 550. The first-order valence-electron chi connectivity index (χ1n) is 6.21. The Kier molecular flexibility index (Phi) is 4.56. The smallest absolute Gasteiger partial charge is 0.123 e. The molecule has 3 heteroatoms. The third-order valence-corrected chi connectivity index (χ3v) is 2.78. The van der Waals surface area contributed by atoms with Gasteiger partial charge in [0.2, 0.25) is 0 Å². The number of nitrogens with one attached hydrogen (secondary N) is 2. The molecule has 2 aromatic carbocycles. The maximum atomic E-state index is 12.9. The fourth-order valence-electron chi connectivity index (χ4n) is 1.75. The van der Waals surface area contributed by atoms with Crippen molar-refractivity contribution in [3.8, 4) is 0 Å². The van der Waals surface area contributed by atoms with E-state index in [0.717, 1.165) is 17.8 Å². The van der Waals surface area contributed by atoms with Crippen molar-refractivity contribution < 1.29 is 4.39 Å². The van der Waals surface area contributed by atoms with Gasteiger partial charge in [0.25, 0.3) is 0 Å². The average molecular weight is 256 g/mol. The molecule has 0 aromatic heterocycles. The minimum atomic E-state index is -0.214. The summed E-state index contributed by atoms with van der Waals surface area (Å²) in [4.78, 5) is 0. The van der Waals surface area contributed by atoms with Gasteiger partial charge in [0.15, 0.2) is 0 Å². The van der Waals surface area contributed by atoms with E-state index >= 15 is 0 Å². The number of aryl methyl sites for hydroxylation is 1. The first-order valence-corrected chi connectivity index (χ1v) is 6.21. The summed E-state index contributed by atoms with van der Waals surface area (Å²) in [5.41, 5.74) is 3.01. The van der Waals surface area contributed by atoms with Gasteiger partial charge in [-0.2, -0.15) is 0 Å². The molecule has 19 heavy (non-hydrogen) atoms. The van der Waals surface area contributed by atoms with Crippen LogP contribution < -0.4 is 10.6 Å². The molecule has 0 heterocycles. The van der Waals surface area contributed by atoms with Gasteiger partial charge in [-0.1, -0.05) is 30.3 Å². The zero-order valence-corrected chi connectivity index (χ0v) is 10.9. The average Bonchev–Trinajstić information content (AvgIpc) is 2.42. The number of hydrogen-bond acceptors (Lipinski definition) is 2. The van der Waals surface area contributed by atoms with Crippen LogP contribution in [0.2, 0.25) is 0 Å². The van der Waals surface area contributed by atoms with Gasteiger partial charge in [-0.3, -0.25) is 0 Å². The molecule has 2 N–H and O–H groups in total. The van der Waals surface area contributed by atoms with E-state index < -0.39 is 0 Å². The van der Waals surface area contributed by atoms with Gasteiger partial charge in [0, 0.05) is 24.6 Å². The molecule has 0 saturated carbocycles. The van der Waals surface area contributed by atoms with Crippen LogP contribution in [0, 0.1) is 12.7 Å². The quantitative estimate of drug-likeness (QED) is 0.850. The zero-order chi connectivity index (χ0) is 13.5. The summed E-state index contributed by atoms with van der Waals surface area (Å²) in [7, 11) is 0. The van der Waals surface area contributed by atoms with Gasteiger partial charge in [0.05, 0.1) is 0 Å². The second-order valence-corrected chi connectivity index (χ2v) is 4.30. The van der Waals surface area contributed by atoms with E-state index in [1.807, 2.05) is 37.5 Å². The molecule has 2 aromatic rings. The summed E-state index contributed by atoms with van der Waals surface area (Å²) in [5.74, 6) is -0.214. The number of rotatable bonds is 5. The Morgan fingerprint density at radius 2 is 1.84 bits per heavy atom. The fraction of sp³-hybridized carbons (Fsp3) is 0.125. The predicted molar refractivity (Wildman–Crippen MR) is 77.2 cm³/mol. The topological polar surface area (TPSA) is 24.1 Å². The van der Waals surface area contributed by atoms with Crippen LogP contribution in [-0.4, -0.2) is 0 Å². The van der Waals surface area contributed by atoms with Gasteiger partial charge >= 0.3 is 0 Å². The molecule has 0 aliphatic rings. The zero-order valence-electron chi connectivity index (χ0n) is 10.9. The Hall–Kier alpha value is -2.29. The standard InChI is InChI=1S/C16H17FN2/c1-13-11-15(17)7-8-16(13)19-10-9-18-12-14-5-3-2-4-6-14/h2-11,18-19H,12H2,1H3/b10-9+. The van der Waals surface area contributed by atoms with Crippen molar-refractivity contribution in [2.75, 3.05) is 5.32 Å². The maximum Gasteiger partial charge on any atom is 0.123 e. The SMILES string of the molecule is Cc1cc(F)ccc1N/C=C/NCc1ccccc1. The highest BCUT2D eigenvalue weighted by atomic mass is 19.1. The molecule has 0 bridgehead atoms. The highest BCUT2D eigenvalue weighted by Gasteiger charge is 1.96. The van der Waals surface area contributed by atoms with Crippen molar-refractivity contribution in [2.45, 2.75) is 13.5 Å². The summed E-state index contributed by atoms with van der Waals surface area (Å²) in [6.07, 6.45) is 3.65. The Labute approximate surface area is 113 Å². The molecule has 0 unspecified atom stereocenters. The Balaban J connectivity index is 1.80. The highest BCUT2D eigenvalue weighted by Crippen LogP contribution is 2.15. The molecule has 0 radical (unpaired) electrons. The van der Waals surface area contributed by atoms with Gasteiger partial charge in [0.1, 0.15) is 5.82 Å². The van der Waals surface area contributed by atoms with Crippen molar-refractivity contribution in [2.24, 2.45) is 0 Å².